The second-order valence-corrected chi connectivity index (χ2v) is 7.34. The molecule has 1 heterocycles. The Bertz CT molecular complexity index is 393. The fraction of sp³-hybridized carbons (Fsp3) is 0.733. The maximum Gasteiger partial charge on any atom is 0.0334 e. The highest BCUT2D eigenvalue weighted by molar-refractivity contribution is 7.10. The zero-order valence-corrected chi connectivity index (χ0v) is 11.8. The van der Waals surface area contributed by atoms with Crippen LogP contribution >= 0.6 is 11.3 Å². The number of nitrogens with one attached hydrogen (secondary N) is 1. The molecule has 2 heteroatoms. The van der Waals surface area contributed by atoms with Gasteiger partial charge in [-0.1, -0.05) is 20.3 Å². The lowest BCUT2D eigenvalue weighted by Gasteiger charge is -2.34. The molecule has 0 bridgehead atoms. The molecule has 3 rings (SSSR count). The smallest absolute Gasteiger partial charge is 0.0334 e. The lowest BCUT2D eigenvalue weighted by Crippen LogP contribution is -2.40. The van der Waals surface area contributed by atoms with Crippen molar-refractivity contribution in [1.82, 2.24) is 5.32 Å². The zero-order chi connectivity index (χ0) is 11.9. The molecule has 1 fully saturated rings. The van der Waals surface area contributed by atoms with Gasteiger partial charge in [-0.3, -0.25) is 0 Å². The molecule has 0 spiro atoms. The normalized spacial score (nSPS) is 31.4. The van der Waals surface area contributed by atoms with E-state index in [0.717, 1.165) is 6.04 Å². The van der Waals surface area contributed by atoms with Crippen molar-refractivity contribution in [3.8, 4) is 0 Å². The molecule has 1 N–H and O–H groups in total. The highest BCUT2D eigenvalue weighted by Gasteiger charge is 2.36. The van der Waals surface area contributed by atoms with Gasteiger partial charge in [0.15, 0.2) is 0 Å². The van der Waals surface area contributed by atoms with Crippen LogP contribution in [0.25, 0.3) is 0 Å². The van der Waals surface area contributed by atoms with E-state index in [2.05, 4.69) is 30.6 Å². The van der Waals surface area contributed by atoms with E-state index in [-0.39, 0.29) is 0 Å². The Labute approximate surface area is 109 Å². The van der Waals surface area contributed by atoms with Crippen molar-refractivity contribution in [3.05, 3.63) is 21.9 Å². The molecule has 2 aliphatic rings. The maximum atomic E-state index is 3.96. The fourth-order valence-corrected chi connectivity index (χ4v) is 4.53. The van der Waals surface area contributed by atoms with Crippen molar-refractivity contribution in [2.24, 2.45) is 5.41 Å². The lowest BCUT2D eigenvalue weighted by molar-refractivity contribution is 0.253. The summed E-state index contributed by atoms with van der Waals surface area (Å²) in [6.45, 7) is 4.85. The van der Waals surface area contributed by atoms with Crippen molar-refractivity contribution in [3.63, 3.8) is 0 Å². The van der Waals surface area contributed by atoms with Crippen LogP contribution < -0.4 is 5.32 Å². The SMILES string of the molecule is CC1(C)CCCC1NC1CCCc2sccc21. The van der Waals surface area contributed by atoms with E-state index in [1.54, 1.807) is 10.4 Å². The summed E-state index contributed by atoms with van der Waals surface area (Å²) >= 11 is 1.95. The summed E-state index contributed by atoms with van der Waals surface area (Å²) < 4.78 is 0. The lowest BCUT2D eigenvalue weighted by atomic mass is 9.85. The number of rotatable bonds is 2. The Morgan fingerprint density at radius 1 is 1.29 bits per heavy atom. The number of fused-ring (bicyclic) bond motifs is 1. The van der Waals surface area contributed by atoms with Gasteiger partial charge in [0.25, 0.3) is 0 Å². The zero-order valence-electron chi connectivity index (χ0n) is 11.0. The third kappa shape index (κ3) is 2.17. The molecule has 1 saturated carbocycles. The summed E-state index contributed by atoms with van der Waals surface area (Å²) in [4.78, 5) is 1.63. The van der Waals surface area contributed by atoms with E-state index in [0.29, 0.717) is 11.5 Å². The van der Waals surface area contributed by atoms with Crippen LogP contribution in [0.4, 0.5) is 0 Å². The Balaban J connectivity index is 1.75. The van der Waals surface area contributed by atoms with Crippen molar-refractivity contribution >= 4 is 11.3 Å². The van der Waals surface area contributed by atoms with Gasteiger partial charge in [-0.15, -0.1) is 11.3 Å². The number of hydrogen-bond donors (Lipinski definition) is 1. The van der Waals surface area contributed by atoms with Crippen LogP contribution in [0.2, 0.25) is 0 Å². The molecule has 0 saturated heterocycles. The van der Waals surface area contributed by atoms with Crippen LogP contribution in [0.15, 0.2) is 11.4 Å². The van der Waals surface area contributed by atoms with Crippen LogP contribution in [0.1, 0.15) is 62.4 Å². The van der Waals surface area contributed by atoms with Crippen LogP contribution in [-0.4, -0.2) is 6.04 Å². The Morgan fingerprint density at radius 2 is 2.18 bits per heavy atom. The first-order valence-corrected chi connectivity index (χ1v) is 7.87. The standard InChI is InChI=1S/C15H23NS/c1-15(2)9-4-7-14(15)16-12-5-3-6-13-11(12)8-10-17-13/h8,10,12,14,16H,3-7,9H2,1-2H3. The minimum atomic E-state index is 0.494. The van der Waals surface area contributed by atoms with Gasteiger partial charge in [0.1, 0.15) is 0 Å². The van der Waals surface area contributed by atoms with Crippen LogP contribution in [0.3, 0.4) is 0 Å². The monoisotopic (exact) mass is 249 g/mol. The van der Waals surface area contributed by atoms with Gasteiger partial charge in [-0.2, -0.15) is 0 Å². The summed E-state index contributed by atoms with van der Waals surface area (Å²) in [5, 5.41) is 6.23. The number of aryl methyl sites for hydroxylation is 1. The largest absolute Gasteiger partial charge is 0.307 e. The fourth-order valence-electron chi connectivity index (χ4n) is 3.54. The van der Waals surface area contributed by atoms with E-state index in [1.165, 1.54) is 38.5 Å². The van der Waals surface area contributed by atoms with Gasteiger partial charge in [-0.25, -0.2) is 0 Å². The van der Waals surface area contributed by atoms with Crippen molar-refractivity contribution in [2.75, 3.05) is 0 Å². The molecular formula is C15H23NS. The third-order valence-electron chi connectivity index (χ3n) is 4.71. The Kier molecular flexibility index (Phi) is 3.04. The van der Waals surface area contributed by atoms with Crippen LogP contribution in [-0.2, 0) is 6.42 Å². The quantitative estimate of drug-likeness (QED) is 0.824. The minimum absolute atomic E-state index is 0.494. The van der Waals surface area contributed by atoms with Crippen molar-refractivity contribution < 1.29 is 0 Å². The van der Waals surface area contributed by atoms with E-state index in [1.807, 2.05) is 11.3 Å². The summed E-state index contributed by atoms with van der Waals surface area (Å²) in [5.41, 5.74) is 2.09. The first-order valence-electron chi connectivity index (χ1n) is 6.99. The second kappa shape index (κ2) is 4.40. The summed E-state index contributed by atoms with van der Waals surface area (Å²) in [7, 11) is 0. The van der Waals surface area contributed by atoms with Gasteiger partial charge in [0.2, 0.25) is 0 Å². The molecule has 0 aliphatic heterocycles. The summed E-state index contributed by atoms with van der Waals surface area (Å²) in [5.74, 6) is 0. The molecule has 1 aromatic heterocycles. The molecule has 2 atom stereocenters. The number of hydrogen-bond acceptors (Lipinski definition) is 2. The topological polar surface area (TPSA) is 12.0 Å². The van der Waals surface area contributed by atoms with Gasteiger partial charge in [-0.05, 0) is 54.5 Å². The molecule has 2 unspecified atom stereocenters. The molecule has 94 valence electrons. The van der Waals surface area contributed by atoms with Crippen LogP contribution in [0.5, 0.6) is 0 Å². The van der Waals surface area contributed by atoms with Crippen LogP contribution in [0, 0.1) is 5.41 Å². The molecule has 2 aliphatic carbocycles. The first-order chi connectivity index (χ1) is 8.17. The Morgan fingerprint density at radius 3 is 2.94 bits per heavy atom. The second-order valence-electron chi connectivity index (χ2n) is 6.34. The van der Waals surface area contributed by atoms with E-state index < -0.39 is 0 Å². The average Bonchev–Trinajstić information content (AvgIpc) is 2.86. The van der Waals surface area contributed by atoms with Gasteiger partial charge in [0, 0.05) is 17.0 Å². The average molecular weight is 249 g/mol. The highest BCUT2D eigenvalue weighted by atomic mass is 32.1. The van der Waals surface area contributed by atoms with Crippen molar-refractivity contribution in [2.45, 2.75) is 64.5 Å². The maximum absolute atomic E-state index is 3.96. The molecule has 0 amide bonds. The molecule has 1 aromatic rings. The number of thiophene rings is 1. The van der Waals surface area contributed by atoms with E-state index >= 15 is 0 Å². The molecule has 17 heavy (non-hydrogen) atoms. The molecule has 0 aromatic carbocycles. The third-order valence-corrected chi connectivity index (χ3v) is 5.71. The molecule has 0 radical (unpaired) electrons. The summed E-state index contributed by atoms with van der Waals surface area (Å²) in [6, 6.07) is 3.70. The first kappa shape index (κ1) is 11.7. The Hall–Kier alpha value is -0.340. The van der Waals surface area contributed by atoms with Gasteiger partial charge < -0.3 is 5.32 Å². The van der Waals surface area contributed by atoms with Gasteiger partial charge in [0.05, 0.1) is 0 Å². The molecular weight excluding hydrogens is 226 g/mol. The van der Waals surface area contributed by atoms with E-state index in [9.17, 15) is 0 Å². The van der Waals surface area contributed by atoms with Gasteiger partial charge >= 0.3 is 0 Å². The predicted octanol–water partition coefficient (Wildman–Crippen LogP) is 4.29. The summed E-state index contributed by atoms with van der Waals surface area (Å²) in [6.07, 6.45) is 8.14. The predicted molar refractivity (Wildman–Crippen MR) is 74.6 cm³/mol. The van der Waals surface area contributed by atoms with E-state index in [4.69, 9.17) is 0 Å². The minimum Gasteiger partial charge on any atom is -0.307 e. The highest BCUT2D eigenvalue weighted by Crippen LogP contribution is 2.40. The van der Waals surface area contributed by atoms with Crippen molar-refractivity contribution in [1.29, 1.82) is 0 Å². The molecule has 1 nitrogen and oxygen atoms in total.